The number of nitrogens with zero attached hydrogens (tertiary/aromatic N) is 4. The highest BCUT2D eigenvalue weighted by molar-refractivity contribution is 5.87. The van der Waals surface area contributed by atoms with Crippen LogP contribution < -0.4 is 16.0 Å². The van der Waals surface area contributed by atoms with E-state index in [9.17, 15) is 0 Å². The highest BCUT2D eigenvalue weighted by Gasteiger charge is 2.18. The standard InChI is InChI=1S/C18H21N7/c1-25-9-6-13(7-10-25)21-18-23-16(19)14-4-5-15(22-17(14)24-18)12-3-2-8-20-11-12/h2-5,8,11,13H,6-7,9-10H2,1H3,(H3,19,21,22,23,24)/p+1. The van der Waals surface area contributed by atoms with Gasteiger partial charge >= 0.3 is 0 Å². The number of aromatic nitrogens is 4. The summed E-state index contributed by atoms with van der Waals surface area (Å²) in [6.45, 7) is 2.15. The summed E-state index contributed by atoms with van der Waals surface area (Å²) in [6.07, 6.45) is 5.93. The first-order chi connectivity index (χ1) is 12.2. The Morgan fingerprint density at radius 3 is 2.76 bits per heavy atom. The highest BCUT2D eigenvalue weighted by atomic mass is 15.2. The minimum Gasteiger partial charge on any atom is -0.383 e. The van der Waals surface area contributed by atoms with Gasteiger partial charge in [-0.2, -0.15) is 9.97 Å². The Morgan fingerprint density at radius 1 is 1.16 bits per heavy atom. The molecule has 1 saturated heterocycles. The van der Waals surface area contributed by atoms with Gasteiger partial charge in [0.2, 0.25) is 5.95 Å². The predicted molar refractivity (Wildman–Crippen MR) is 97.9 cm³/mol. The maximum atomic E-state index is 6.13. The summed E-state index contributed by atoms with van der Waals surface area (Å²) in [5.74, 6) is 1.02. The van der Waals surface area contributed by atoms with Crippen LogP contribution in [0.3, 0.4) is 0 Å². The summed E-state index contributed by atoms with van der Waals surface area (Å²) < 4.78 is 0. The molecule has 1 aliphatic rings. The molecule has 0 radical (unpaired) electrons. The fourth-order valence-corrected chi connectivity index (χ4v) is 3.15. The monoisotopic (exact) mass is 336 g/mol. The summed E-state index contributed by atoms with van der Waals surface area (Å²) in [5, 5.41) is 4.19. The van der Waals surface area contributed by atoms with E-state index in [0.29, 0.717) is 23.5 Å². The Balaban J connectivity index is 1.65. The van der Waals surface area contributed by atoms with Crippen LogP contribution in [0.4, 0.5) is 11.8 Å². The number of anilines is 2. The number of pyridine rings is 2. The first-order valence-corrected chi connectivity index (χ1v) is 8.55. The van der Waals surface area contributed by atoms with Gasteiger partial charge in [-0.15, -0.1) is 0 Å². The van der Waals surface area contributed by atoms with Gasteiger partial charge in [0, 0.05) is 12.1 Å². The molecule has 7 nitrogen and oxygen atoms in total. The van der Waals surface area contributed by atoms with Crippen LogP contribution in [0.15, 0.2) is 36.7 Å². The SMILES string of the molecule is CN1CCC(Nc2nc(N)c3ccc(-c4ccc[nH+]c4)nc3n2)CC1. The number of likely N-dealkylation sites (tertiary alicyclic amines) is 1. The topological polar surface area (TPSA) is 94.1 Å². The molecule has 0 bridgehead atoms. The summed E-state index contributed by atoms with van der Waals surface area (Å²) >= 11 is 0. The van der Waals surface area contributed by atoms with Crippen LogP contribution in [0, 0.1) is 0 Å². The van der Waals surface area contributed by atoms with Crippen molar-refractivity contribution < 1.29 is 4.98 Å². The van der Waals surface area contributed by atoms with Crippen LogP contribution in [0.1, 0.15) is 12.8 Å². The summed E-state index contributed by atoms with van der Waals surface area (Å²) in [4.78, 5) is 19.1. The lowest BCUT2D eigenvalue weighted by Gasteiger charge is -2.29. The molecule has 3 aromatic heterocycles. The van der Waals surface area contributed by atoms with Gasteiger partial charge in [-0.1, -0.05) is 0 Å². The van der Waals surface area contributed by atoms with Crippen LogP contribution in [0.5, 0.6) is 0 Å². The van der Waals surface area contributed by atoms with E-state index in [1.807, 2.05) is 36.7 Å². The second-order valence-corrected chi connectivity index (χ2v) is 6.51. The van der Waals surface area contributed by atoms with Gasteiger partial charge in [0.1, 0.15) is 5.82 Å². The van der Waals surface area contributed by atoms with Crippen molar-refractivity contribution in [2.45, 2.75) is 18.9 Å². The van der Waals surface area contributed by atoms with E-state index in [-0.39, 0.29) is 0 Å². The first kappa shape index (κ1) is 15.7. The molecule has 1 fully saturated rings. The van der Waals surface area contributed by atoms with Gasteiger partial charge in [0.25, 0.3) is 0 Å². The number of nitrogens with two attached hydrogens (primary N) is 1. The summed E-state index contributed by atoms with van der Waals surface area (Å²) in [7, 11) is 2.15. The molecule has 128 valence electrons. The molecular formula is C18H22N7+. The Labute approximate surface area is 146 Å². The van der Waals surface area contributed by atoms with Crippen LogP contribution in [0.2, 0.25) is 0 Å². The number of rotatable bonds is 3. The summed E-state index contributed by atoms with van der Waals surface area (Å²) in [6, 6.07) is 8.20. The van der Waals surface area contributed by atoms with E-state index in [4.69, 9.17) is 5.73 Å². The molecule has 25 heavy (non-hydrogen) atoms. The van der Waals surface area contributed by atoms with E-state index in [0.717, 1.165) is 42.6 Å². The van der Waals surface area contributed by atoms with Crippen LogP contribution >= 0.6 is 0 Å². The minimum atomic E-state index is 0.375. The average molecular weight is 336 g/mol. The molecular weight excluding hydrogens is 314 g/mol. The number of aromatic amines is 1. The van der Waals surface area contributed by atoms with E-state index < -0.39 is 0 Å². The fraction of sp³-hybridized carbons (Fsp3) is 0.333. The largest absolute Gasteiger partial charge is 0.383 e. The number of nitrogens with one attached hydrogen (secondary N) is 2. The molecule has 0 aromatic carbocycles. The van der Waals surface area contributed by atoms with Gasteiger partial charge in [-0.3, -0.25) is 0 Å². The van der Waals surface area contributed by atoms with E-state index in [2.05, 4.69) is 37.2 Å². The van der Waals surface area contributed by atoms with Crippen molar-refractivity contribution in [2.24, 2.45) is 0 Å². The first-order valence-electron chi connectivity index (χ1n) is 8.55. The number of hydrogen-bond acceptors (Lipinski definition) is 6. The van der Waals surface area contributed by atoms with Crippen molar-refractivity contribution in [1.82, 2.24) is 19.9 Å². The Morgan fingerprint density at radius 2 is 2.00 bits per heavy atom. The molecule has 0 aliphatic carbocycles. The maximum Gasteiger partial charge on any atom is 0.226 e. The number of piperidine rings is 1. The second-order valence-electron chi connectivity index (χ2n) is 6.51. The number of hydrogen-bond donors (Lipinski definition) is 2. The Hall–Kier alpha value is -2.80. The van der Waals surface area contributed by atoms with Crippen LogP contribution in [0.25, 0.3) is 22.3 Å². The molecule has 4 N–H and O–H groups in total. The van der Waals surface area contributed by atoms with Gasteiger partial charge in [0.15, 0.2) is 18.0 Å². The Kier molecular flexibility index (Phi) is 4.15. The molecule has 3 aromatic rings. The van der Waals surface area contributed by atoms with Crippen molar-refractivity contribution in [3.63, 3.8) is 0 Å². The molecule has 0 unspecified atom stereocenters. The highest BCUT2D eigenvalue weighted by Crippen LogP contribution is 2.23. The fourth-order valence-electron chi connectivity index (χ4n) is 3.15. The minimum absolute atomic E-state index is 0.375. The molecule has 1 aliphatic heterocycles. The number of fused-ring (bicyclic) bond motifs is 1. The molecule has 0 spiro atoms. The van der Waals surface area contributed by atoms with Crippen LogP contribution in [-0.2, 0) is 0 Å². The molecule has 4 rings (SSSR count). The molecule has 7 heteroatoms. The van der Waals surface area contributed by atoms with Gasteiger partial charge < -0.3 is 16.0 Å². The molecule has 0 amide bonds. The third kappa shape index (κ3) is 3.36. The molecule has 4 heterocycles. The third-order valence-electron chi connectivity index (χ3n) is 4.64. The molecule has 0 saturated carbocycles. The lowest BCUT2D eigenvalue weighted by atomic mass is 10.1. The van der Waals surface area contributed by atoms with Crippen molar-refractivity contribution in [1.29, 1.82) is 0 Å². The van der Waals surface area contributed by atoms with E-state index in [1.165, 1.54) is 0 Å². The number of H-pyrrole nitrogens is 1. The van der Waals surface area contributed by atoms with Crippen molar-refractivity contribution in [3.8, 4) is 11.3 Å². The van der Waals surface area contributed by atoms with Crippen molar-refractivity contribution in [2.75, 3.05) is 31.2 Å². The predicted octanol–water partition coefficient (Wildman–Crippen LogP) is 1.59. The Bertz CT molecular complexity index is 873. The van der Waals surface area contributed by atoms with Gasteiger partial charge in [-0.05, 0) is 51.2 Å². The lowest BCUT2D eigenvalue weighted by Crippen LogP contribution is -2.37. The van der Waals surface area contributed by atoms with Gasteiger partial charge in [-0.25, -0.2) is 9.97 Å². The van der Waals surface area contributed by atoms with Crippen molar-refractivity contribution >= 4 is 22.8 Å². The second kappa shape index (κ2) is 6.60. The van der Waals surface area contributed by atoms with E-state index in [1.54, 1.807) is 0 Å². The van der Waals surface area contributed by atoms with Gasteiger partial charge in [0.05, 0.1) is 16.6 Å². The molecule has 0 atom stereocenters. The summed E-state index contributed by atoms with van der Waals surface area (Å²) in [5.41, 5.74) is 8.60. The quantitative estimate of drug-likeness (QED) is 0.754. The maximum absolute atomic E-state index is 6.13. The number of nitrogen functional groups attached to an aromatic ring is 1. The smallest absolute Gasteiger partial charge is 0.226 e. The average Bonchev–Trinajstić information content (AvgIpc) is 2.64. The zero-order valence-corrected chi connectivity index (χ0v) is 14.2. The van der Waals surface area contributed by atoms with Crippen molar-refractivity contribution in [3.05, 3.63) is 36.7 Å². The zero-order valence-electron chi connectivity index (χ0n) is 14.2. The van der Waals surface area contributed by atoms with Crippen LogP contribution in [-0.4, -0.2) is 46.0 Å². The normalized spacial score (nSPS) is 16.2. The zero-order chi connectivity index (χ0) is 17.2. The third-order valence-corrected chi connectivity index (χ3v) is 4.64. The lowest BCUT2D eigenvalue weighted by molar-refractivity contribution is -0.377. The van der Waals surface area contributed by atoms with E-state index >= 15 is 0 Å².